The van der Waals surface area contributed by atoms with Crippen molar-refractivity contribution in [3.05, 3.63) is 0 Å². The molecule has 0 heterocycles. The second-order valence-electron chi connectivity index (χ2n) is 1.58. The smallest absolute Gasteiger partial charge is 0.417 e. The number of nitrogens with one attached hydrogen (secondary N) is 1. The minimum atomic E-state index is -0.681. The number of carbonyl (C=O) groups is 2. The van der Waals surface area contributed by atoms with Crippen molar-refractivity contribution in [2.45, 2.75) is 0 Å². The molecule has 0 atom stereocenters. The van der Waals surface area contributed by atoms with E-state index in [0.29, 0.717) is 0 Å². The van der Waals surface area contributed by atoms with E-state index < -0.39 is 12.1 Å². The molecule has 0 aromatic heterocycles. The first kappa shape index (κ1) is 8.74. The Kier molecular flexibility index (Phi) is 3.24. The van der Waals surface area contributed by atoms with E-state index in [1.807, 2.05) is 0 Å². The molecule has 0 aromatic carbocycles. The maximum absolute atomic E-state index is 10.6. The molecule has 0 aromatic rings. The maximum Gasteiger partial charge on any atom is 0.417 e. The highest BCUT2D eigenvalue weighted by Gasteiger charge is 2.14. The zero-order chi connectivity index (χ0) is 8.15. The molecule has 0 saturated carbocycles. The number of methoxy groups -OCH3 is 1. The first-order valence-electron chi connectivity index (χ1n) is 2.67. The number of nitrogens with zero attached hydrogens (tertiary/aromatic N) is 1. The molecule has 0 unspecified atom stereocenters. The average Bonchev–Trinajstić information content (AvgIpc) is 2.00. The van der Waals surface area contributed by atoms with Crippen LogP contribution in [-0.2, 0) is 4.74 Å². The van der Waals surface area contributed by atoms with E-state index >= 15 is 0 Å². The molecule has 3 amide bonds. The highest BCUT2D eigenvalue weighted by molar-refractivity contribution is 5.90. The Morgan fingerprint density at radius 1 is 1.50 bits per heavy atom. The van der Waals surface area contributed by atoms with Crippen LogP contribution in [0.15, 0.2) is 0 Å². The SMILES string of the molecule is CNC(=O)N(C)C(=O)OC. The van der Waals surface area contributed by atoms with Crippen molar-refractivity contribution in [3.8, 4) is 0 Å². The van der Waals surface area contributed by atoms with E-state index in [1.165, 1.54) is 21.2 Å². The number of urea groups is 1. The molecule has 10 heavy (non-hydrogen) atoms. The van der Waals surface area contributed by atoms with Gasteiger partial charge in [0, 0.05) is 14.1 Å². The molecule has 0 rings (SSSR count). The summed E-state index contributed by atoms with van der Waals surface area (Å²) in [4.78, 5) is 22.0. The van der Waals surface area contributed by atoms with Crippen molar-refractivity contribution in [1.29, 1.82) is 0 Å². The van der Waals surface area contributed by atoms with Crippen LogP contribution in [0.3, 0.4) is 0 Å². The lowest BCUT2D eigenvalue weighted by Gasteiger charge is -2.11. The molecule has 0 fully saturated rings. The van der Waals surface area contributed by atoms with Gasteiger partial charge >= 0.3 is 12.1 Å². The third kappa shape index (κ3) is 1.93. The Balaban J connectivity index is 3.94. The standard InChI is InChI=1S/C5H10N2O3/c1-6-4(8)7(2)5(9)10-3/h1-3H3,(H,6,8). The van der Waals surface area contributed by atoms with E-state index in [9.17, 15) is 9.59 Å². The van der Waals surface area contributed by atoms with Gasteiger partial charge in [-0.2, -0.15) is 0 Å². The molecule has 58 valence electrons. The van der Waals surface area contributed by atoms with Gasteiger partial charge < -0.3 is 10.1 Å². The Labute approximate surface area is 58.9 Å². The molecule has 0 bridgehead atoms. The van der Waals surface area contributed by atoms with Crippen molar-refractivity contribution in [2.24, 2.45) is 0 Å². The predicted molar refractivity (Wildman–Crippen MR) is 34.6 cm³/mol. The number of hydrogen-bond acceptors (Lipinski definition) is 3. The van der Waals surface area contributed by atoms with Crippen LogP contribution in [0.25, 0.3) is 0 Å². The van der Waals surface area contributed by atoms with Crippen LogP contribution in [0.5, 0.6) is 0 Å². The summed E-state index contributed by atoms with van der Waals surface area (Å²) in [5.41, 5.74) is 0. The summed E-state index contributed by atoms with van der Waals surface area (Å²) < 4.78 is 4.26. The number of carbonyl (C=O) groups excluding carboxylic acids is 2. The van der Waals surface area contributed by atoms with Crippen molar-refractivity contribution in [2.75, 3.05) is 21.2 Å². The van der Waals surface area contributed by atoms with Crippen LogP contribution >= 0.6 is 0 Å². The summed E-state index contributed by atoms with van der Waals surface area (Å²) in [6.45, 7) is 0. The molecule has 0 aliphatic rings. The lowest BCUT2D eigenvalue weighted by atomic mass is 10.8. The van der Waals surface area contributed by atoms with E-state index in [1.54, 1.807) is 0 Å². The Morgan fingerprint density at radius 2 is 2.00 bits per heavy atom. The Bertz CT molecular complexity index is 130. The molecule has 5 nitrogen and oxygen atoms in total. The van der Waals surface area contributed by atoms with E-state index in [4.69, 9.17) is 0 Å². The maximum atomic E-state index is 10.6. The first-order chi connectivity index (χ1) is 4.63. The van der Waals surface area contributed by atoms with Gasteiger partial charge in [-0.15, -0.1) is 0 Å². The highest BCUT2D eigenvalue weighted by atomic mass is 16.5. The van der Waals surface area contributed by atoms with Crippen molar-refractivity contribution in [3.63, 3.8) is 0 Å². The lowest BCUT2D eigenvalue weighted by molar-refractivity contribution is 0.137. The van der Waals surface area contributed by atoms with E-state index in [-0.39, 0.29) is 0 Å². The second-order valence-corrected chi connectivity index (χ2v) is 1.58. The fraction of sp³-hybridized carbons (Fsp3) is 0.600. The van der Waals surface area contributed by atoms with Crippen molar-refractivity contribution < 1.29 is 14.3 Å². The average molecular weight is 146 g/mol. The fourth-order valence-corrected chi connectivity index (χ4v) is 0.388. The normalized spacial score (nSPS) is 8.30. The van der Waals surface area contributed by atoms with E-state index in [0.717, 1.165) is 4.90 Å². The third-order valence-corrected chi connectivity index (χ3v) is 0.967. The molecule has 0 aliphatic carbocycles. The van der Waals surface area contributed by atoms with Crippen LogP contribution in [-0.4, -0.2) is 38.2 Å². The van der Waals surface area contributed by atoms with Crippen LogP contribution in [0.4, 0.5) is 9.59 Å². The molecular weight excluding hydrogens is 136 g/mol. The van der Waals surface area contributed by atoms with Gasteiger partial charge in [0.05, 0.1) is 7.11 Å². The summed E-state index contributed by atoms with van der Waals surface area (Å²) in [6, 6.07) is -0.494. The number of hydrogen-bond donors (Lipinski definition) is 1. The van der Waals surface area contributed by atoms with Crippen LogP contribution < -0.4 is 5.32 Å². The van der Waals surface area contributed by atoms with Gasteiger partial charge in [0.2, 0.25) is 0 Å². The largest absolute Gasteiger partial charge is 0.452 e. The highest BCUT2D eigenvalue weighted by Crippen LogP contribution is 1.87. The van der Waals surface area contributed by atoms with Crippen LogP contribution in [0, 0.1) is 0 Å². The number of rotatable bonds is 0. The zero-order valence-corrected chi connectivity index (χ0v) is 6.17. The van der Waals surface area contributed by atoms with Gasteiger partial charge in [0.25, 0.3) is 0 Å². The van der Waals surface area contributed by atoms with Crippen LogP contribution in [0.2, 0.25) is 0 Å². The topological polar surface area (TPSA) is 58.6 Å². The molecule has 5 heteroatoms. The first-order valence-corrected chi connectivity index (χ1v) is 2.67. The van der Waals surface area contributed by atoms with Crippen molar-refractivity contribution in [1.82, 2.24) is 10.2 Å². The quantitative estimate of drug-likeness (QED) is 0.524. The van der Waals surface area contributed by atoms with Crippen LogP contribution in [0.1, 0.15) is 0 Å². The monoisotopic (exact) mass is 146 g/mol. The summed E-state index contributed by atoms with van der Waals surface area (Å²) in [7, 11) is 3.97. The fourth-order valence-electron chi connectivity index (χ4n) is 0.388. The number of ether oxygens (including phenoxy) is 1. The van der Waals surface area contributed by atoms with Gasteiger partial charge in [-0.25, -0.2) is 14.5 Å². The van der Waals surface area contributed by atoms with Crippen molar-refractivity contribution >= 4 is 12.1 Å². The lowest BCUT2D eigenvalue weighted by Crippen LogP contribution is -2.39. The second kappa shape index (κ2) is 3.71. The molecule has 0 saturated heterocycles. The summed E-state index contributed by atoms with van der Waals surface area (Å²) >= 11 is 0. The van der Waals surface area contributed by atoms with Gasteiger partial charge in [-0.3, -0.25) is 0 Å². The molecule has 0 aliphatic heterocycles. The number of amides is 3. The molecule has 0 spiro atoms. The summed E-state index contributed by atoms with van der Waals surface area (Å²) in [5.74, 6) is 0. The minimum absolute atomic E-state index is 0.494. The number of imide groups is 1. The third-order valence-electron chi connectivity index (χ3n) is 0.967. The predicted octanol–water partition coefficient (Wildman–Crippen LogP) is 0.0240. The van der Waals surface area contributed by atoms with Gasteiger partial charge in [0.15, 0.2) is 0 Å². The van der Waals surface area contributed by atoms with Gasteiger partial charge in [0.1, 0.15) is 0 Å². The molecule has 0 radical (unpaired) electrons. The Hall–Kier alpha value is -1.26. The zero-order valence-electron chi connectivity index (χ0n) is 6.17. The molecular formula is C5H10N2O3. The minimum Gasteiger partial charge on any atom is -0.452 e. The summed E-state index contributed by atoms with van der Waals surface area (Å²) in [5, 5.41) is 2.27. The van der Waals surface area contributed by atoms with Gasteiger partial charge in [-0.1, -0.05) is 0 Å². The summed E-state index contributed by atoms with van der Waals surface area (Å²) in [6.07, 6.45) is -0.681. The molecule has 1 N–H and O–H groups in total. The van der Waals surface area contributed by atoms with Gasteiger partial charge in [-0.05, 0) is 0 Å². The Morgan fingerprint density at radius 3 is 2.30 bits per heavy atom. The van der Waals surface area contributed by atoms with E-state index in [2.05, 4.69) is 10.1 Å².